The van der Waals surface area contributed by atoms with Gasteiger partial charge in [0.05, 0.1) is 0 Å². The molecule has 2 aliphatic heterocycles. The van der Waals surface area contributed by atoms with Crippen molar-refractivity contribution in [1.29, 1.82) is 0 Å². The third-order valence-electron chi connectivity index (χ3n) is 1.96. The maximum atomic E-state index is 5.27. The van der Waals surface area contributed by atoms with Gasteiger partial charge in [-0.1, -0.05) is 6.08 Å². The molecule has 1 atom stereocenters. The second-order valence-electron chi connectivity index (χ2n) is 2.78. The van der Waals surface area contributed by atoms with Gasteiger partial charge >= 0.3 is 0 Å². The van der Waals surface area contributed by atoms with E-state index >= 15 is 0 Å². The molecule has 2 heterocycles. The molecule has 2 aliphatic rings. The minimum Gasteiger partial charge on any atom is -0.405 e. The summed E-state index contributed by atoms with van der Waals surface area (Å²) in [7, 11) is 0. The summed E-state index contributed by atoms with van der Waals surface area (Å²) in [6.07, 6.45) is 8.69. The van der Waals surface area contributed by atoms with Crippen molar-refractivity contribution in [2.24, 2.45) is 25.7 Å². The predicted octanol–water partition coefficient (Wildman–Crippen LogP) is 0.141. The zero-order chi connectivity index (χ0) is 9.15. The molecule has 0 fully saturated rings. The van der Waals surface area contributed by atoms with Gasteiger partial charge in [0, 0.05) is 12.6 Å². The molecular weight excluding hydrogens is 166 g/mol. The number of nitrogens with two attached hydrogens (primary N) is 1. The second-order valence-corrected chi connectivity index (χ2v) is 2.78. The first-order chi connectivity index (χ1) is 6.37. The Morgan fingerprint density at radius 3 is 3.23 bits per heavy atom. The van der Waals surface area contributed by atoms with Crippen LogP contribution in [-0.2, 0) is 0 Å². The van der Waals surface area contributed by atoms with E-state index in [1.54, 1.807) is 6.21 Å². The van der Waals surface area contributed by atoms with E-state index in [9.17, 15) is 0 Å². The lowest BCUT2D eigenvalue weighted by Crippen LogP contribution is -2.36. The molecule has 0 aromatic rings. The minimum absolute atomic E-state index is 0.495. The van der Waals surface area contributed by atoms with Gasteiger partial charge in [-0.15, -0.1) is 0 Å². The van der Waals surface area contributed by atoms with Crippen LogP contribution in [0.3, 0.4) is 0 Å². The first-order valence-electron chi connectivity index (χ1n) is 3.93. The van der Waals surface area contributed by atoms with Crippen molar-refractivity contribution in [2.75, 3.05) is 0 Å². The molecule has 0 saturated heterocycles. The van der Waals surface area contributed by atoms with Crippen molar-refractivity contribution in [3.05, 3.63) is 12.3 Å². The molecule has 1 unspecified atom stereocenters. The van der Waals surface area contributed by atoms with Crippen LogP contribution in [0.25, 0.3) is 0 Å². The Hall–Kier alpha value is -1.78. The zero-order valence-electron chi connectivity index (χ0n) is 6.96. The van der Waals surface area contributed by atoms with Gasteiger partial charge in [-0.2, -0.15) is 0 Å². The molecule has 0 radical (unpaired) electrons. The van der Waals surface area contributed by atoms with Crippen molar-refractivity contribution < 1.29 is 0 Å². The molecular formula is C8H9N5. The third-order valence-corrected chi connectivity index (χ3v) is 1.96. The molecule has 0 amide bonds. The van der Waals surface area contributed by atoms with E-state index in [0.717, 1.165) is 0 Å². The predicted molar refractivity (Wildman–Crippen MR) is 53.6 cm³/mol. The monoisotopic (exact) mass is 175 g/mol. The summed E-state index contributed by atoms with van der Waals surface area (Å²) in [6, 6.07) is 0. The highest BCUT2D eigenvalue weighted by Gasteiger charge is 2.36. The first kappa shape index (κ1) is 7.85. The van der Waals surface area contributed by atoms with E-state index in [1.165, 1.54) is 18.9 Å². The summed E-state index contributed by atoms with van der Waals surface area (Å²) in [5, 5.41) is 0. The Balaban J connectivity index is 2.30. The highest BCUT2D eigenvalue weighted by molar-refractivity contribution is 6.17. The number of rotatable bonds is 2. The van der Waals surface area contributed by atoms with E-state index in [4.69, 9.17) is 5.73 Å². The second kappa shape index (κ2) is 2.93. The summed E-state index contributed by atoms with van der Waals surface area (Å²) >= 11 is 0. The van der Waals surface area contributed by atoms with Crippen LogP contribution in [0.5, 0.6) is 0 Å². The van der Waals surface area contributed by atoms with Gasteiger partial charge in [0.25, 0.3) is 0 Å². The standard InChI is InChI=1S/C8H9N5/c9-3-1-2-8-4-10-5-11-7(8)12-6-13-8/h1,3-6H,2,9H2. The van der Waals surface area contributed by atoms with Crippen LogP contribution in [0.2, 0.25) is 0 Å². The first-order valence-corrected chi connectivity index (χ1v) is 3.93. The Morgan fingerprint density at radius 1 is 1.46 bits per heavy atom. The Labute approximate surface area is 75.5 Å². The number of hydrogen-bond donors (Lipinski definition) is 1. The average molecular weight is 175 g/mol. The fourth-order valence-electron chi connectivity index (χ4n) is 1.28. The molecule has 0 saturated carbocycles. The minimum atomic E-state index is -0.495. The quantitative estimate of drug-likeness (QED) is 0.636. The fourth-order valence-corrected chi connectivity index (χ4v) is 1.28. The molecule has 0 spiro atoms. The molecule has 0 aliphatic carbocycles. The van der Waals surface area contributed by atoms with E-state index in [0.29, 0.717) is 12.3 Å². The van der Waals surface area contributed by atoms with Gasteiger partial charge in [0.1, 0.15) is 12.7 Å². The molecule has 0 aromatic heterocycles. The van der Waals surface area contributed by atoms with Crippen molar-refractivity contribution in [3.63, 3.8) is 0 Å². The highest BCUT2D eigenvalue weighted by Crippen LogP contribution is 2.23. The van der Waals surface area contributed by atoms with Crippen LogP contribution >= 0.6 is 0 Å². The summed E-state index contributed by atoms with van der Waals surface area (Å²) in [6.45, 7) is 0. The number of hydrogen-bond acceptors (Lipinski definition) is 5. The van der Waals surface area contributed by atoms with Gasteiger partial charge in [0.2, 0.25) is 0 Å². The summed E-state index contributed by atoms with van der Waals surface area (Å²) in [5.74, 6) is 0.681. The summed E-state index contributed by atoms with van der Waals surface area (Å²) in [5.41, 5.74) is 4.77. The van der Waals surface area contributed by atoms with Crippen LogP contribution in [0.15, 0.2) is 32.2 Å². The molecule has 2 N–H and O–H groups in total. The number of aliphatic imine (C=N–C) groups is 4. The maximum absolute atomic E-state index is 5.27. The van der Waals surface area contributed by atoms with Gasteiger partial charge in [-0.05, 0) is 6.20 Å². The van der Waals surface area contributed by atoms with E-state index in [2.05, 4.69) is 20.0 Å². The molecule has 0 aromatic carbocycles. The average Bonchev–Trinajstić information content (AvgIpc) is 2.58. The lowest BCUT2D eigenvalue weighted by atomic mass is 9.96. The molecule has 5 heteroatoms. The van der Waals surface area contributed by atoms with Gasteiger partial charge in [-0.25, -0.2) is 15.0 Å². The highest BCUT2D eigenvalue weighted by atomic mass is 15.1. The zero-order valence-corrected chi connectivity index (χ0v) is 6.96. The normalized spacial score (nSPS) is 29.7. The lowest BCUT2D eigenvalue weighted by Gasteiger charge is -2.20. The fraction of sp³-hybridized carbons (Fsp3) is 0.250. The SMILES string of the molecule is NC=CCC12C=NC=NC1=NC=N2. The number of fused-ring (bicyclic) bond motifs is 1. The lowest BCUT2D eigenvalue weighted by molar-refractivity contribution is 0.775. The largest absolute Gasteiger partial charge is 0.405 e. The van der Waals surface area contributed by atoms with Crippen molar-refractivity contribution >= 4 is 24.7 Å². The van der Waals surface area contributed by atoms with Crippen molar-refractivity contribution in [1.82, 2.24) is 0 Å². The Bertz CT molecular complexity index is 350. The van der Waals surface area contributed by atoms with E-state index < -0.39 is 5.54 Å². The van der Waals surface area contributed by atoms with Crippen molar-refractivity contribution in [2.45, 2.75) is 12.0 Å². The van der Waals surface area contributed by atoms with Crippen LogP contribution < -0.4 is 5.73 Å². The number of amidine groups is 1. The van der Waals surface area contributed by atoms with Gasteiger partial charge in [0.15, 0.2) is 11.4 Å². The smallest absolute Gasteiger partial charge is 0.165 e. The van der Waals surface area contributed by atoms with E-state index in [1.807, 2.05) is 6.08 Å². The van der Waals surface area contributed by atoms with Crippen LogP contribution in [-0.4, -0.2) is 30.3 Å². The Kier molecular flexibility index (Phi) is 1.77. The molecule has 2 rings (SSSR count). The van der Waals surface area contributed by atoms with E-state index in [-0.39, 0.29) is 0 Å². The molecule has 13 heavy (non-hydrogen) atoms. The van der Waals surface area contributed by atoms with Gasteiger partial charge in [-0.3, -0.25) is 4.99 Å². The Morgan fingerprint density at radius 2 is 2.38 bits per heavy atom. The summed E-state index contributed by atoms with van der Waals surface area (Å²) < 4.78 is 0. The molecule has 66 valence electrons. The maximum Gasteiger partial charge on any atom is 0.165 e. The third kappa shape index (κ3) is 1.18. The van der Waals surface area contributed by atoms with Gasteiger partial charge < -0.3 is 5.73 Å². The summed E-state index contributed by atoms with van der Waals surface area (Å²) in [4.78, 5) is 16.3. The molecule has 0 bridgehead atoms. The number of nitrogens with zero attached hydrogens (tertiary/aromatic N) is 4. The van der Waals surface area contributed by atoms with Crippen molar-refractivity contribution in [3.8, 4) is 0 Å². The topological polar surface area (TPSA) is 75.5 Å². The van der Waals surface area contributed by atoms with Crippen LogP contribution in [0.1, 0.15) is 6.42 Å². The molecule has 5 nitrogen and oxygen atoms in total. The van der Waals surface area contributed by atoms with Crippen LogP contribution in [0.4, 0.5) is 0 Å². The van der Waals surface area contributed by atoms with Crippen LogP contribution in [0, 0.1) is 0 Å².